The molecule has 0 aliphatic rings. The van der Waals surface area contributed by atoms with Crippen LogP contribution in [0.3, 0.4) is 0 Å². The molecule has 102 valence electrons. The number of rotatable bonds is 5. The number of nitrogens with zero attached hydrogens (tertiary/aromatic N) is 2. The highest BCUT2D eigenvalue weighted by atomic mass is 32.1. The van der Waals surface area contributed by atoms with Crippen LogP contribution in [0.5, 0.6) is 0 Å². The lowest BCUT2D eigenvalue weighted by atomic mass is 10.1. The molecular weight excluding hydrogens is 260 g/mol. The molecule has 6 heteroatoms. The van der Waals surface area contributed by atoms with Gasteiger partial charge in [-0.3, -0.25) is 9.48 Å². The lowest BCUT2D eigenvalue weighted by Gasteiger charge is -2.17. The minimum Gasteiger partial charge on any atom is -0.396 e. The Bertz CT molecular complexity index is 527. The molecule has 1 atom stereocenters. The van der Waals surface area contributed by atoms with Gasteiger partial charge in [0, 0.05) is 11.9 Å². The summed E-state index contributed by atoms with van der Waals surface area (Å²) < 4.78 is 1.50. The molecule has 3 N–H and O–H groups in total. The average Bonchev–Trinajstić information content (AvgIpc) is 2.99. The summed E-state index contributed by atoms with van der Waals surface area (Å²) in [5.74, 6) is -0.177. The van der Waals surface area contributed by atoms with Gasteiger partial charge >= 0.3 is 0 Å². The van der Waals surface area contributed by atoms with Crippen LogP contribution in [0, 0.1) is 0 Å². The highest BCUT2D eigenvalue weighted by Gasteiger charge is 2.20. The van der Waals surface area contributed by atoms with Gasteiger partial charge in [0.1, 0.15) is 5.69 Å². The fraction of sp³-hybridized carbons (Fsp3) is 0.385. The van der Waals surface area contributed by atoms with Crippen molar-refractivity contribution in [3.05, 3.63) is 34.3 Å². The van der Waals surface area contributed by atoms with Gasteiger partial charge in [-0.2, -0.15) is 5.10 Å². The number of carbonyl (C=O) groups is 1. The zero-order chi connectivity index (χ0) is 13.8. The number of aromatic nitrogens is 2. The van der Waals surface area contributed by atoms with E-state index in [9.17, 15) is 4.79 Å². The molecule has 1 amide bonds. The van der Waals surface area contributed by atoms with Gasteiger partial charge in [-0.25, -0.2) is 0 Å². The molecule has 2 rings (SSSR count). The van der Waals surface area contributed by atoms with Gasteiger partial charge in [-0.05, 0) is 17.9 Å². The maximum atomic E-state index is 12.3. The van der Waals surface area contributed by atoms with Crippen LogP contribution in [0.2, 0.25) is 0 Å². The van der Waals surface area contributed by atoms with Crippen LogP contribution >= 0.6 is 11.3 Å². The number of amides is 1. The molecule has 0 saturated carbocycles. The summed E-state index contributed by atoms with van der Waals surface area (Å²) in [6.45, 7) is 2.10. The predicted octanol–water partition coefficient (Wildman–Crippen LogP) is 2.33. The minimum atomic E-state index is -0.177. The monoisotopic (exact) mass is 278 g/mol. The number of anilines is 1. The second-order valence-electron chi connectivity index (χ2n) is 4.40. The Labute approximate surface area is 116 Å². The molecule has 1 unspecified atom stereocenters. The van der Waals surface area contributed by atoms with Crippen molar-refractivity contribution < 1.29 is 4.79 Å². The lowest BCUT2D eigenvalue weighted by molar-refractivity contribution is 0.0926. The van der Waals surface area contributed by atoms with Crippen molar-refractivity contribution in [2.45, 2.75) is 25.8 Å². The molecule has 2 aromatic rings. The number of hydrogen-bond acceptors (Lipinski definition) is 4. The fourth-order valence-electron chi connectivity index (χ4n) is 2.02. The van der Waals surface area contributed by atoms with E-state index >= 15 is 0 Å². The second-order valence-corrected chi connectivity index (χ2v) is 5.38. The van der Waals surface area contributed by atoms with Gasteiger partial charge in [-0.15, -0.1) is 11.3 Å². The zero-order valence-corrected chi connectivity index (χ0v) is 11.9. The lowest BCUT2D eigenvalue weighted by Crippen LogP contribution is -2.30. The Hall–Kier alpha value is -1.82. The van der Waals surface area contributed by atoms with Crippen LogP contribution in [0.15, 0.2) is 23.7 Å². The summed E-state index contributed by atoms with van der Waals surface area (Å²) in [5, 5.41) is 9.04. The quantitative estimate of drug-likeness (QED) is 0.881. The summed E-state index contributed by atoms with van der Waals surface area (Å²) in [5.41, 5.74) is 6.59. The normalized spacial score (nSPS) is 12.3. The van der Waals surface area contributed by atoms with E-state index in [1.54, 1.807) is 18.4 Å². The maximum Gasteiger partial charge on any atom is 0.272 e. The van der Waals surface area contributed by atoms with Crippen LogP contribution in [0.4, 0.5) is 5.69 Å². The zero-order valence-electron chi connectivity index (χ0n) is 11.1. The van der Waals surface area contributed by atoms with Gasteiger partial charge in [0.05, 0.1) is 17.9 Å². The molecule has 0 aliphatic heterocycles. The predicted molar refractivity (Wildman–Crippen MR) is 77.1 cm³/mol. The van der Waals surface area contributed by atoms with Crippen LogP contribution in [-0.4, -0.2) is 15.7 Å². The van der Waals surface area contributed by atoms with Gasteiger partial charge in [0.15, 0.2) is 0 Å². The Morgan fingerprint density at radius 2 is 2.42 bits per heavy atom. The van der Waals surface area contributed by atoms with Crippen LogP contribution < -0.4 is 11.1 Å². The van der Waals surface area contributed by atoms with Crippen molar-refractivity contribution in [3.63, 3.8) is 0 Å². The van der Waals surface area contributed by atoms with E-state index in [0.29, 0.717) is 11.4 Å². The number of nitrogens with two attached hydrogens (primary N) is 1. The molecule has 19 heavy (non-hydrogen) atoms. The first kappa shape index (κ1) is 13.6. The van der Waals surface area contributed by atoms with Crippen LogP contribution in [0.1, 0.15) is 41.2 Å². The third kappa shape index (κ3) is 2.96. The van der Waals surface area contributed by atoms with E-state index in [4.69, 9.17) is 5.73 Å². The summed E-state index contributed by atoms with van der Waals surface area (Å²) in [6, 6.07) is 4.07. The molecule has 0 fully saturated rings. The van der Waals surface area contributed by atoms with E-state index in [2.05, 4.69) is 17.3 Å². The Morgan fingerprint density at radius 1 is 1.63 bits per heavy atom. The second kappa shape index (κ2) is 5.88. The molecule has 2 heterocycles. The molecule has 0 spiro atoms. The first-order valence-corrected chi connectivity index (χ1v) is 7.13. The van der Waals surface area contributed by atoms with E-state index in [1.165, 1.54) is 10.9 Å². The topological polar surface area (TPSA) is 72.9 Å². The number of nitrogen functional groups attached to an aromatic ring is 1. The highest BCUT2D eigenvalue weighted by Crippen LogP contribution is 2.24. The van der Waals surface area contributed by atoms with Crippen molar-refractivity contribution in [2.75, 3.05) is 5.73 Å². The Balaban J connectivity index is 2.16. The molecule has 0 bridgehead atoms. The number of hydrogen-bond donors (Lipinski definition) is 2. The Morgan fingerprint density at radius 3 is 2.95 bits per heavy atom. The molecule has 0 aromatic carbocycles. The highest BCUT2D eigenvalue weighted by molar-refractivity contribution is 7.10. The molecule has 2 aromatic heterocycles. The summed E-state index contributed by atoms with van der Waals surface area (Å²) >= 11 is 1.65. The van der Waals surface area contributed by atoms with Gasteiger partial charge < -0.3 is 11.1 Å². The van der Waals surface area contributed by atoms with Gasteiger partial charge in [0.25, 0.3) is 5.91 Å². The van der Waals surface area contributed by atoms with Crippen LogP contribution in [0.25, 0.3) is 0 Å². The average molecular weight is 278 g/mol. The largest absolute Gasteiger partial charge is 0.396 e. The van der Waals surface area contributed by atoms with E-state index in [0.717, 1.165) is 17.7 Å². The molecule has 5 nitrogen and oxygen atoms in total. The standard InChI is InChI=1S/C13H18N4OS/c1-3-5-10(11-6-4-7-19-11)16-13(18)12-9(14)8-15-17(12)2/h4,6-8,10H,3,5,14H2,1-2H3,(H,16,18). The summed E-state index contributed by atoms with van der Waals surface area (Å²) in [4.78, 5) is 13.4. The van der Waals surface area contributed by atoms with Crippen molar-refractivity contribution in [1.29, 1.82) is 0 Å². The summed E-state index contributed by atoms with van der Waals surface area (Å²) in [7, 11) is 1.71. The van der Waals surface area contributed by atoms with E-state index in [1.807, 2.05) is 17.5 Å². The van der Waals surface area contributed by atoms with Crippen molar-refractivity contribution in [3.8, 4) is 0 Å². The van der Waals surface area contributed by atoms with E-state index < -0.39 is 0 Å². The van der Waals surface area contributed by atoms with Crippen LogP contribution in [-0.2, 0) is 7.05 Å². The smallest absolute Gasteiger partial charge is 0.272 e. The number of thiophene rings is 1. The SMILES string of the molecule is CCCC(NC(=O)c1c(N)cnn1C)c1cccs1. The molecule has 0 radical (unpaired) electrons. The van der Waals surface area contributed by atoms with Gasteiger partial charge in [0.2, 0.25) is 0 Å². The number of aryl methyl sites for hydroxylation is 1. The van der Waals surface area contributed by atoms with Crippen molar-refractivity contribution in [1.82, 2.24) is 15.1 Å². The van der Waals surface area contributed by atoms with Gasteiger partial charge in [-0.1, -0.05) is 19.4 Å². The molecule has 0 saturated heterocycles. The maximum absolute atomic E-state index is 12.3. The number of nitrogens with one attached hydrogen (secondary N) is 1. The fourth-order valence-corrected chi connectivity index (χ4v) is 2.84. The summed E-state index contributed by atoms with van der Waals surface area (Å²) in [6.07, 6.45) is 3.41. The van der Waals surface area contributed by atoms with E-state index in [-0.39, 0.29) is 11.9 Å². The third-order valence-corrected chi connectivity index (χ3v) is 3.94. The Kier molecular flexibility index (Phi) is 4.21. The third-order valence-electron chi connectivity index (χ3n) is 2.95. The first-order valence-electron chi connectivity index (χ1n) is 6.25. The molecular formula is C13H18N4OS. The molecule has 0 aliphatic carbocycles. The van der Waals surface area contributed by atoms with Crippen molar-refractivity contribution >= 4 is 22.9 Å². The number of carbonyl (C=O) groups excluding carboxylic acids is 1. The van der Waals surface area contributed by atoms with Crippen molar-refractivity contribution in [2.24, 2.45) is 7.05 Å². The first-order chi connectivity index (χ1) is 9.13. The minimum absolute atomic E-state index is 0.0341.